The standard InChI is InChI=1S/C18H20N6O/c1-22-9-11-23(12-10-22)16-7-3-2-5-14(16)18(25)21-15-6-4-8-24-17(15)19-13-20-24/h2-8,13H,9-12H2,1H3,(H,21,25). The molecule has 25 heavy (non-hydrogen) atoms. The summed E-state index contributed by atoms with van der Waals surface area (Å²) in [4.78, 5) is 21.7. The summed E-state index contributed by atoms with van der Waals surface area (Å²) in [5.41, 5.74) is 2.93. The second-order valence-electron chi connectivity index (χ2n) is 6.21. The second-order valence-corrected chi connectivity index (χ2v) is 6.21. The highest BCUT2D eigenvalue weighted by atomic mass is 16.1. The third kappa shape index (κ3) is 3.06. The first-order chi connectivity index (χ1) is 12.2. The number of nitrogens with zero attached hydrogens (tertiary/aromatic N) is 5. The van der Waals surface area contributed by atoms with Crippen molar-refractivity contribution in [3.8, 4) is 0 Å². The molecule has 1 aliphatic heterocycles. The minimum Gasteiger partial charge on any atom is -0.368 e. The molecule has 1 aromatic carbocycles. The molecule has 0 aliphatic carbocycles. The van der Waals surface area contributed by atoms with Crippen LogP contribution in [0.2, 0.25) is 0 Å². The van der Waals surface area contributed by atoms with Crippen molar-refractivity contribution in [1.29, 1.82) is 0 Å². The van der Waals surface area contributed by atoms with E-state index in [1.54, 1.807) is 10.7 Å². The lowest BCUT2D eigenvalue weighted by Gasteiger charge is -2.35. The number of carbonyl (C=O) groups excluding carboxylic acids is 1. The van der Waals surface area contributed by atoms with Gasteiger partial charge in [-0.3, -0.25) is 4.79 Å². The zero-order chi connectivity index (χ0) is 17.2. The Morgan fingerprint density at radius 3 is 2.72 bits per heavy atom. The molecule has 0 unspecified atom stereocenters. The quantitative estimate of drug-likeness (QED) is 0.789. The second kappa shape index (κ2) is 6.52. The van der Waals surface area contributed by atoms with Crippen molar-refractivity contribution < 1.29 is 4.79 Å². The maximum Gasteiger partial charge on any atom is 0.257 e. The van der Waals surface area contributed by atoms with Crippen LogP contribution in [0.3, 0.4) is 0 Å². The summed E-state index contributed by atoms with van der Waals surface area (Å²) in [5.74, 6) is -0.134. The SMILES string of the molecule is CN1CCN(c2ccccc2C(=O)Nc2cccn3ncnc23)CC1. The molecule has 1 saturated heterocycles. The predicted octanol–water partition coefficient (Wildman–Crippen LogP) is 1.73. The number of benzene rings is 1. The number of piperazine rings is 1. The van der Waals surface area contributed by atoms with Crippen LogP contribution in [0.1, 0.15) is 10.4 Å². The monoisotopic (exact) mass is 336 g/mol. The smallest absolute Gasteiger partial charge is 0.257 e. The van der Waals surface area contributed by atoms with Gasteiger partial charge in [-0.15, -0.1) is 0 Å². The lowest BCUT2D eigenvalue weighted by Crippen LogP contribution is -2.45. The molecule has 128 valence electrons. The highest BCUT2D eigenvalue weighted by Gasteiger charge is 2.20. The highest BCUT2D eigenvalue weighted by molar-refractivity contribution is 6.09. The van der Waals surface area contributed by atoms with Crippen molar-refractivity contribution in [2.45, 2.75) is 0 Å². The fourth-order valence-electron chi connectivity index (χ4n) is 3.12. The van der Waals surface area contributed by atoms with Crippen LogP contribution < -0.4 is 10.2 Å². The lowest BCUT2D eigenvalue weighted by atomic mass is 10.1. The number of rotatable bonds is 3. The number of hydrogen-bond donors (Lipinski definition) is 1. The number of aromatic nitrogens is 3. The number of likely N-dealkylation sites (N-methyl/N-ethyl adjacent to an activating group) is 1. The summed E-state index contributed by atoms with van der Waals surface area (Å²) in [6.45, 7) is 3.82. The van der Waals surface area contributed by atoms with Crippen LogP contribution in [0.25, 0.3) is 5.65 Å². The Hall–Kier alpha value is -2.93. The largest absolute Gasteiger partial charge is 0.368 e. The minimum atomic E-state index is -0.134. The van der Waals surface area contributed by atoms with E-state index in [1.807, 2.05) is 36.4 Å². The van der Waals surface area contributed by atoms with E-state index in [-0.39, 0.29) is 5.91 Å². The summed E-state index contributed by atoms with van der Waals surface area (Å²) < 4.78 is 1.64. The van der Waals surface area contributed by atoms with Gasteiger partial charge in [0, 0.05) is 38.1 Å². The zero-order valence-electron chi connectivity index (χ0n) is 14.1. The molecular formula is C18H20N6O. The fraction of sp³-hybridized carbons (Fsp3) is 0.278. The molecule has 0 atom stereocenters. The third-order valence-electron chi connectivity index (χ3n) is 4.54. The Labute approximate surface area is 145 Å². The van der Waals surface area contributed by atoms with Crippen LogP contribution >= 0.6 is 0 Å². The normalized spacial score (nSPS) is 15.5. The van der Waals surface area contributed by atoms with Crippen LogP contribution in [0.4, 0.5) is 11.4 Å². The molecule has 3 aromatic rings. The Balaban J connectivity index is 1.61. The average molecular weight is 336 g/mol. The summed E-state index contributed by atoms with van der Waals surface area (Å²) >= 11 is 0. The van der Waals surface area contributed by atoms with E-state index in [0.29, 0.717) is 16.9 Å². The van der Waals surface area contributed by atoms with Crippen molar-refractivity contribution in [2.75, 3.05) is 43.4 Å². The molecule has 3 heterocycles. The molecule has 0 saturated carbocycles. The molecule has 1 fully saturated rings. The van der Waals surface area contributed by atoms with Crippen molar-refractivity contribution >= 4 is 22.9 Å². The van der Waals surface area contributed by atoms with Gasteiger partial charge in [0.25, 0.3) is 5.91 Å². The molecule has 1 amide bonds. The maximum atomic E-state index is 12.9. The van der Waals surface area contributed by atoms with E-state index in [1.165, 1.54) is 6.33 Å². The van der Waals surface area contributed by atoms with Gasteiger partial charge in [0.1, 0.15) is 6.33 Å². The topological polar surface area (TPSA) is 65.8 Å². The molecule has 1 N–H and O–H groups in total. The Morgan fingerprint density at radius 2 is 1.88 bits per heavy atom. The van der Waals surface area contributed by atoms with Gasteiger partial charge < -0.3 is 15.1 Å². The third-order valence-corrected chi connectivity index (χ3v) is 4.54. The highest BCUT2D eigenvalue weighted by Crippen LogP contribution is 2.23. The molecule has 0 radical (unpaired) electrons. The van der Waals surface area contributed by atoms with Crippen LogP contribution in [0.5, 0.6) is 0 Å². The van der Waals surface area contributed by atoms with Gasteiger partial charge in [-0.25, -0.2) is 9.50 Å². The number of amides is 1. The van der Waals surface area contributed by atoms with Crippen LogP contribution in [-0.4, -0.2) is 58.6 Å². The van der Waals surface area contributed by atoms with Crippen molar-refractivity contribution in [2.24, 2.45) is 0 Å². The van der Waals surface area contributed by atoms with Gasteiger partial charge in [0.05, 0.1) is 11.3 Å². The molecule has 7 nitrogen and oxygen atoms in total. The molecule has 1 aliphatic rings. The number of hydrogen-bond acceptors (Lipinski definition) is 5. The van der Waals surface area contributed by atoms with Crippen molar-refractivity contribution in [3.63, 3.8) is 0 Å². The van der Waals surface area contributed by atoms with Gasteiger partial charge >= 0.3 is 0 Å². The molecule has 2 aromatic heterocycles. The number of carbonyl (C=O) groups is 1. The van der Waals surface area contributed by atoms with Crippen LogP contribution in [-0.2, 0) is 0 Å². The van der Waals surface area contributed by atoms with E-state index in [2.05, 4.69) is 32.2 Å². The van der Waals surface area contributed by atoms with Gasteiger partial charge in [-0.05, 0) is 31.3 Å². The molecule has 7 heteroatoms. The van der Waals surface area contributed by atoms with Crippen LogP contribution in [0.15, 0.2) is 48.9 Å². The maximum absolute atomic E-state index is 12.9. The van der Waals surface area contributed by atoms with Crippen molar-refractivity contribution in [1.82, 2.24) is 19.5 Å². The van der Waals surface area contributed by atoms with Gasteiger partial charge in [0.2, 0.25) is 0 Å². The lowest BCUT2D eigenvalue weighted by molar-refractivity contribution is 0.102. The molecular weight excluding hydrogens is 316 g/mol. The summed E-state index contributed by atoms with van der Waals surface area (Å²) in [5, 5.41) is 7.08. The first-order valence-corrected chi connectivity index (χ1v) is 8.34. The summed E-state index contributed by atoms with van der Waals surface area (Å²) in [6.07, 6.45) is 3.28. The first kappa shape index (κ1) is 15.6. The summed E-state index contributed by atoms with van der Waals surface area (Å²) in [7, 11) is 2.12. The van der Waals surface area contributed by atoms with Gasteiger partial charge in [-0.1, -0.05) is 12.1 Å². The van der Waals surface area contributed by atoms with E-state index in [0.717, 1.165) is 31.9 Å². The van der Waals surface area contributed by atoms with Gasteiger partial charge in [-0.2, -0.15) is 5.10 Å². The van der Waals surface area contributed by atoms with E-state index >= 15 is 0 Å². The van der Waals surface area contributed by atoms with E-state index < -0.39 is 0 Å². The minimum absolute atomic E-state index is 0.134. The molecule has 0 spiro atoms. The average Bonchev–Trinajstić information content (AvgIpc) is 3.12. The Bertz CT molecular complexity index is 897. The van der Waals surface area contributed by atoms with Crippen molar-refractivity contribution in [3.05, 3.63) is 54.5 Å². The van der Waals surface area contributed by atoms with Gasteiger partial charge in [0.15, 0.2) is 5.65 Å². The Morgan fingerprint density at radius 1 is 1.08 bits per heavy atom. The first-order valence-electron chi connectivity index (χ1n) is 8.34. The number of anilines is 2. The number of nitrogens with one attached hydrogen (secondary N) is 1. The number of pyridine rings is 1. The van der Waals surface area contributed by atoms with E-state index in [4.69, 9.17) is 0 Å². The molecule has 4 rings (SSSR count). The number of para-hydroxylation sites is 1. The zero-order valence-corrected chi connectivity index (χ0v) is 14.1. The summed E-state index contributed by atoms with van der Waals surface area (Å²) in [6, 6.07) is 11.4. The Kier molecular flexibility index (Phi) is 4.07. The number of fused-ring (bicyclic) bond motifs is 1. The molecule has 0 bridgehead atoms. The fourth-order valence-corrected chi connectivity index (χ4v) is 3.12. The van der Waals surface area contributed by atoms with Crippen LogP contribution in [0, 0.1) is 0 Å². The van der Waals surface area contributed by atoms with E-state index in [9.17, 15) is 4.79 Å². The predicted molar refractivity (Wildman–Crippen MR) is 97.1 cm³/mol.